The summed E-state index contributed by atoms with van der Waals surface area (Å²) in [7, 11) is 2.13. The molecule has 20 heavy (non-hydrogen) atoms. The van der Waals surface area contributed by atoms with Crippen LogP contribution in [0.3, 0.4) is 0 Å². The van der Waals surface area contributed by atoms with Gasteiger partial charge in [-0.05, 0) is 48.2 Å². The van der Waals surface area contributed by atoms with E-state index in [1.54, 1.807) is 6.07 Å². The molecule has 2 aromatic carbocycles. The van der Waals surface area contributed by atoms with Crippen molar-refractivity contribution >= 4 is 0 Å². The van der Waals surface area contributed by atoms with Crippen LogP contribution in [0.4, 0.5) is 0 Å². The zero-order valence-electron chi connectivity index (χ0n) is 11.4. The first-order valence-electron chi connectivity index (χ1n) is 7.03. The second kappa shape index (κ2) is 4.00. The SMILES string of the molecule is CN1CCc2cc(O)c(O)c3c2[C@H]1Cc1ccccc1-3. The van der Waals surface area contributed by atoms with E-state index in [0.717, 1.165) is 30.5 Å². The number of phenolic OH excluding ortho intramolecular Hbond substituents is 2. The van der Waals surface area contributed by atoms with Crippen LogP contribution in [0.2, 0.25) is 0 Å². The molecule has 0 radical (unpaired) electrons. The quantitative estimate of drug-likeness (QED) is 0.721. The predicted molar refractivity (Wildman–Crippen MR) is 78.0 cm³/mol. The molecule has 0 aromatic heterocycles. The van der Waals surface area contributed by atoms with Gasteiger partial charge in [-0.1, -0.05) is 24.3 Å². The minimum absolute atomic E-state index is 0.00115. The molecule has 0 spiro atoms. The fourth-order valence-corrected chi connectivity index (χ4v) is 3.67. The first kappa shape index (κ1) is 11.8. The van der Waals surface area contributed by atoms with Gasteiger partial charge in [0.05, 0.1) is 0 Å². The van der Waals surface area contributed by atoms with Gasteiger partial charge in [-0.3, -0.25) is 4.90 Å². The van der Waals surface area contributed by atoms with E-state index < -0.39 is 0 Å². The lowest BCUT2D eigenvalue weighted by Gasteiger charge is -2.40. The number of fused-ring (bicyclic) bond motifs is 2. The van der Waals surface area contributed by atoms with Crippen LogP contribution < -0.4 is 0 Å². The van der Waals surface area contributed by atoms with Crippen molar-refractivity contribution in [1.82, 2.24) is 4.90 Å². The number of benzene rings is 2. The number of hydrogen-bond acceptors (Lipinski definition) is 3. The van der Waals surface area contributed by atoms with Gasteiger partial charge in [-0.25, -0.2) is 0 Å². The Morgan fingerprint density at radius 2 is 1.95 bits per heavy atom. The van der Waals surface area contributed by atoms with E-state index in [0.29, 0.717) is 6.04 Å². The van der Waals surface area contributed by atoms with Crippen LogP contribution in [-0.4, -0.2) is 28.7 Å². The van der Waals surface area contributed by atoms with Gasteiger partial charge in [0.1, 0.15) is 0 Å². The highest BCUT2D eigenvalue weighted by molar-refractivity contribution is 5.82. The van der Waals surface area contributed by atoms with Crippen LogP contribution in [0, 0.1) is 0 Å². The van der Waals surface area contributed by atoms with Crippen LogP contribution >= 0.6 is 0 Å². The summed E-state index contributed by atoms with van der Waals surface area (Å²) in [4.78, 5) is 2.35. The van der Waals surface area contributed by atoms with E-state index in [1.165, 1.54) is 16.7 Å². The third-order valence-corrected chi connectivity index (χ3v) is 4.70. The van der Waals surface area contributed by atoms with Gasteiger partial charge < -0.3 is 10.2 Å². The topological polar surface area (TPSA) is 43.7 Å². The van der Waals surface area contributed by atoms with Crippen molar-refractivity contribution in [2.75, 3.05) is 13.6 Å². The highest BCUT2D eigenvalue weighted by Gasteiger charge is 2.35. The number of aromatic hydroxyl groups is 2. The fourth-order valence-electron chi connectivity index (χ4n) is 3.67. The molecule has 1 aliphatic heterocycles. The van der Waals surface area contributed by atoms with Crippen LogP contribution in [0.5, 0.6) is 11.5 Å². The maximum Gasteiger partial charge on any atom is 0.165 e. The lowest BCUT2D eigenvalue weighted by atomic mass is 9.76. The molecule has 3 heteroatoms. The summed E-state index contributed by atoms with van der Waals surface area (Å²) in [6, 6.07) is 10.2. The molecule has 1 atom stereocenters. The van der Waals surface area contributed by atoms with Gasteiger partial charge in [0.15, 0.2) is 11.5 Å². The molecular weight excluding hydrogens is 250 g/mol. The van der Waals surface area contributed by atoms with Gasteiger partial charge in [-0.2, -0.15) is 0 Å². The van der Waals surface area contributed by atoms with Gasteiger partial charge in [0.25, 0.3) is 0 Å². The zero-order valence-corrected chi connectivity index (χ0v) is 11.4. The summed E-state index contributed by atoms with van der Waals surface area (Å²) >= 11 is 0. The summed E-state index contributed by atoms with van der Waals surface area (Å²) in [5.41, 5.74) is 5.51. The van der Waals surface area contributed by atoms with Crippen molar-refractivity contribution in [2.24, 2.45) is 0 Å². The van der Waals surface area contributed by atoms with Crippen molar-refractivity contribution in [3.8, 4) is 22.6 Å². The smallest absolute Gasteiger partial charge is 0.165 e. The Labute approximate surface area is 118 Å². The van der Waals surface area contributed by atoms with Crippen LogP contribution in [0.1, 0.15) is 22.7 Å². The van der Waals surface area contributed by atoms with Crippen LogP contribution in [-0.2, 0) is 12.8 Å². The van der Waals surface area contributed by atoms with E-state index in [2.05, 4.69) is 18.0 Å². The Kier molecular flexibility index (Phi) is 2.36. The Hall–Kier alpha value is -2.00. The van der Waals surface area contributed by atoms with Crippen LogP contribution in [0.25, 0.3) is 11.1 Å². The monoisotopic (exact) mass is 267 g/mol. The molecule has 2 aromatic rings. The summed E-state index contributed by atoms with van der Waals surface area (Å²) in [6.07, 6.45) is 1.89. The molecule has 102 valence electrons. The maximum absolute atomic E-state index is 10.4. The van der Waals surface area contributed by atoms with E-state index >= 15 is 0 Å². The Morgan fingerprint density at radius 1 is 1.15 bits per heavy atom. The Balaban J connectivity index is 2.10. The van der Waals surface area contributed by atoms with Crippen molar-refractivity contribution in [2.45, 2.75) is 18.9 Å². The highest BCUT2D eigenvalue weighted by atomic mass is 16.3. The van der Waals surface area contributed by atoms with E-state index in [-0.39, 0.29) is 11.5 Å². The Morgan fingerprint density at radius 3 is 2.80 bits per heavy atom. The molecule has 2 N–H and O–H groups in total. The third kappa shape index (κ3) is 1.44. The fraction of sp³-hybridized carbons (Fsp3) is 0.294. The van der Waals surface area contributed by atoms with E-state index in [1.807, 2.05) is 18.2 Å². The predicted octanol–water partition coefficient (Wildman–Crippen LogP) is 2.85. The second-order valence-electron chi connectivity index (χ2n) is 5.80. The van der Waals surface area contributed by atoms with E-state index in [9.17, 15) is 10.2 Å². The average Bonchev–Trinajstić information content (AvgIpc) is 2.46. The van der Waals surface area contributed by atoms with Gasteiger partial charge in [-0.15, -0.1) is 0 Å². The number of hydrogen-bond donors (Lipinski definition) is 2. The standard InChI is InChI=1S/C17H17NO2/c1-18-7-6-11-9-14(19)17(20)16-12-5-3-2-4-10(12)8-13(18)15(11)16/h2-5,9,13,19-20H,6-8H2,1H3/t13-/m1/s1. The molecule has 3 nitrogen and oxygen atoms in total. The number of rotatable bonds is 0. The van der Waals surface area contributed by atoms with Crippen molar-refractivity contribution in [1.29, 1.82) is 0 Å². The molecule has 1 heterocycles. The van der Waals surface area contributed by atoms with E-state index in [4.69, 9.17) is 0 Å². The average molecular weight is 267 g/mol. The summed E-state index contributed by atoms with van der Waals surface area (Å²) in [5.74, 6) is 0.0231. The van der Waals surface area contributed by atoms with Crippen molar-refractivity contribution < 1.29 is 10.2 Å². The van der Waals surface area contributed by atoms with Crippen LogP contribution in [0.15, 0.2) is 30.3 Å². The first-order valence-corrected chi connectivity index (χ1v) is 7.03. The number of likely N-dealkylation sites (N-methyl/N-ethyl adjacent to an activating group) is 1. The van der Waals surface area contributed by atoms with Gasteiger partial charge >= 0.3 is 0 Å². The van der Waals surface area contributed by atoms with Crippen molar-refractivity contribution in [3.05, 3.63) is 47.0 Å². The van der Waals surface area contributed by atoms with Crippen molar-refractivity contribution in [3.63, 3.8) is 0 Å². The largest absolute Gasteiger partial charge is 0.504 e. The number of nitrogens with zero attached hydrogens (tertiary/aromatic N) is 1. The summed E-state index contributed by atoms with van der Waals surface area (Å²) in [5, 5.41) is 20.4. The molecule has 0 fully saturated rings. The van der Waals surface area contributed by atoms with Gasteiger partial charge in [0, 0.05) is 18.2 Å². The summed E-state index contributed by atoms with van der Waals surface area (Å²) in [6.45, 7) is 0.990. The maximum atomic E-state index is 10.4. The first-order chi connectivity index (χ1) is 9.66. The number of phenols is 2. The normalized spacial score (nSPS) is 20.4. The molecule has 2 aliphatic rings. The molecule has 0 saturated carbocycles. The molecule has 1 aliphatic carbocycles. The molecule has 0 saturated heterocycles. The molecular formula is C17H17NO2. The molecule has 0 unspecified atom stereocenters. The minimum atomic E-state index is -0.00115. The van der Waals surface area contributed by atoms with Gasteiger partial charge in [0.2, 0.25) is 0 Å². The lowest BCUT2D eigenvalue weighted by molar-refractivity contribution is 0.227. The molecule has 0 amide bonds. The summed E-state index contributed by atoms with van der Waals surface area (Å²) < 4.78 is 0. The highest BCUT2D eigenvalue weighted by Crippen LogP contribution is 2.51. The zero-order chi connectivity index (χ0) is 13.9. The molecule has 0 bridgehead atoms. The lowest BCUT2D eigenvalue weighted by Crippen LogP contribution is -2.35. The minimum Gasteiger partial charge on any atom is -0.504 e. The Bertz CT molecular complexity index is 708. The third-order valence-electron chi connectivity index (χ3n) is 4.70. The molecule has 4 rings (SSSR count). The second-order valence-corrected chi connectivity index (χ2v) is 5.80.